The maximum atomic E-state index is 11.7. The lowest BCUT2D eigenvalue weighted by atomic mass is 10.1. The number of carbonyl (C=O) groups is 1. The van der Waals surface area contributed by atoms with Crippen LogP contribution >= 0.6 is 0 Å². The van der Waals surface area contributed by atoms with E-state index >= 15 is 0 Å². The Morgan fingerprint density at radius 1 is 1.41 bits per heavy atom. The van der Waals surface area contributed by atoms with Crippen LogP contribution in [0.25, 0.3) is 0 Å². The van der Waals surface area contributed by atoms with Crippen molar-refractivity contribution in [1.82, 2.24) is 5.43 Å². The monoisotopic (exact) mass is 324 g/mol. The fourth-order valence-corrected chi connectivity index (χ4v) is 4.20. The summed E-state index contributed by atoms with van der Waals surface area (Å²) in [5.74, 6) is 0.713. The number of carbonyl (C=O) groups excluding carboxylic acids is 1. The highest BCUT2D eigenvalue weighted by atomic mass is 32.2. The molecule has 2 rings (SSSR count). The Labute approximate surface area is 130 Å². The minimum atomic E-state index is -2.94. The molecule has 1 amide bonds. The summed E-state index contributed by atoms with van der Waals surface area (Å²) in [6.07, 6.45) is 2.29. The van der Waals surface area contributed by atoms with Crippen LogP contribution in [0.15, 0.2) is 29.4 Å². The molecule has 1 N–H and O–H groups in total. The van der Waals surface area contributed by atoms with Gasteiger partial charge >= 0.3 is 0 Å². The van der Waals surface area contributed by atoms with E-state index in [1.54, 1.807) is 6.21 Å². The molecule has 1 aliphatic rings. The average molecular weight is 324 g/mol. The third-order valence-corrected chi connectivity index (χ3v) is 5.23. The van der Waals surface area contributed by atoms with Gasteiger partial charge in [-0.25, -0.2) is 13.8 Å². The summed E-state index contributed by atoms with van der Waals surface area (Å²) in [6.45, 7) is 2.53. The van der Waals surface area contributed by atoms with Crippen molar-refractivity contribution in [1.29, 1.82) is 0 Å². The van der Waals surface area contributed by atoms with Gasteiger partial charge in [0.25, 0.3) is 0 Å². The second-order valence-corrected chi connectivity index (χ2v) is 7.50. The number of nitrogens with one attached hydrogen (secondary N) is 1. The van der Waals surface area contributed by atoms with E-state index in [9.17, 15) is 13.2 Å². The molecule has 1 aromatic rings. The molecule has 0 radical (unpaired) electrons. The van der Waals surface area contributed by atoms with Crippen LogP contribution in [-0.4, -0.2) is 38.7 Å². The third-order valence-electron chi connectivity index (χ3n) is 3.39. The Balaban J connectivity index is 1.78. The Bertz CT molecular complexity index is 638. The molecule has 0 bridgehead atoms. The lowest BCUT2D eigenvalue weighted by molar-refractivity contribution is -0.121. The molecular weight excluding hydrogens is 304 g/mol. The number of hydrogen-bond acceptors (Lipinski definition) is 5. The topological polar surface area (TPSA) is 84.8 Å². The largest absolute Gasteiger partial charge is 0.494 e. The van der Waals surface area contributed by atoms with E-state index in [1.165, 1.54) is 0 Å². The fourth-order valence-electron chi connectivity index (χ4n) is 2.34. The lowest BCUT2D eigenvalue weighted by Gasteiger charge is -2.05. The molecule has 0 unspecified atom stereocenters. The number of hydrazone groups is 1. The summed E-state index contributed by atoms with van der Waals surface area (Å²) in [5.41, 5.74) is 3.27. The fraction of sp³-hybridized carbons (Fsp3) is 0.467. The van der Waals surface area contributed by atoms with E-state index in [0.29, 0.717) is 13.0 Å². The lowest BCUT2D eigenvalue weighted by Crippen LogP contribution is -2.21. The Kier molecular flexibility index (Phi) is 5.54. The van der Waals surface area contributed by atoms with Crippen molar-refractivity contribution in [2.75, 3.05) is 18.1 Å². The van der Waals surface area contributed by atoms with Crippen molar-refractivity contribution < 1.29 is 17.9 Å². The SMILES string of the molecule is CCOc1ccc(/C=N\NC(=O)C[C@@H]2CCS(=O)(=O)C2)cc1. The molecule has 1 fully saturated rings. The van der Waals surface area contributed by atoms with E-state index in [4.69, 9.17) is 4.74 Å². The normalized spacial score (nSPS) is 20.1. The van der Waals surface area contributed by atoms with Gasteiger partial charge in [-0.1, -0.05) is 0 Å². The minimum absolute atomic E-state index is 0.0920. The van der Waals surface area contributed by atoms with Crippen molar-refractivity contribution in [2.24, 2.45) is 11.0 Å². The van der Waals surface area contributed by atoms with Crippen LogP contribution in [0.3, 0.4) is 0 Å². The van der Waals surface area contributed by atoms with Gasteiger partial charge in [-0.2, -0.15) is 5.10 Å². The number of rotatable bonds is 6. The number of sulfone groups is 1. The van der Waals surface area contributed by atoms with Gasteiger partial charge < -0.3 is 4.74 Å². The third kappa shape index (κ3) is 5.14. The Morgan fingerprint density at radius 2 is 2.14 bits per heavy atom. The first-order chi connectivity index (χ1) is 10.5. The molecule has 120 valence electrons. The summed E-state index contributed by atoms with van der Waals surface area (Å²) in [5, 5.41) is 3.88. The number of benzene rings is 1. The van der Waals surface area contributed by atoms with Crippen molar-refractivity contribution >= 4 is 22.0 Å². The van der Waals surface area contributed by atoms with E-state index in [0.717, 1.165) is 11.3 Å². The van der Waals surface area contributed by atoms with E-state index in [-0.39, 0.29) is 29.8 Å². The molecule has 1 atom stereocenters. The van der Waals surface area contributed by atoms with Crippen LogP contribution in [0.4, 0.5) is 0 Å². The molecule has 0 aromatic heterocycles. The van der Waals surface area contributed by atoms with Gasteiger partial charge in [0.2, 0.25) is 5.91 Å². The number of hydrogen-bond donors (Lipinski definition) is 1. The second-order valence-electron chi connectivity index (χ2n) is 5.27. The Morgan fingerprint density at radius 3 is 2.73 bits per heavy atom. The molecule has 1 aromatic carbocycles. The van der Waals surface area contributed by atoms with Crippen LogP contribution in [-0.2, 0) is 14.6 Å². The smallest absolute Gasteiger partial charge is 0.240 e. The number of ether oxygens (including phenoxy) is 1. The van der Waals surface area contributed by atoms with E-state index < -0.39 is 9.84 Å². The summed E-state index contributed by atoms with van der Waals surface area (Å²) >= 11 is 0. The van der Waals surface area contributed by atoms with Gasteiger partial charge in [0, 0.05) is 6.42 Å². The zero-order valence-electron chi connectivity index (χ0n) is 12.5. The predicted molar refractivity (Wildman–Crippen MR) is 84.7 cm³/mol. The standard InChI is InChI=1S/C15H20N2O4S/c1-2-21-14-5-3-12(4-6-14)10-16-17-15(18)9-13-7-8-22(19,20)11-13/h3-6,10,13H,2,7-9,11H2,1H3,(H,17,18)/b16-10-/t13-/m0/s1. The second kappa shape index (κ2) is 7.40. The predicted octanol–water partition coefficient (Wildman–Crippen LogP) is 1.36. The van der Waals surface area contributed by atoms with E-state index in [1.807, 2.05) is 31.2 Å². The van der Waals surface area contributed by atoms with Gasteiger partial charge in [-0.3, -0.25) is 4.79 Å². The van der Waals surface area contributed by atoms with Crippen molar-refractivity contribution in [2.45, 2.75) is 19.8 Å². The van der Waals surface area contributed by atoms with Gasteiger partial charge in [-0.05, 0) is 49.1 Å². The molecule has 6 nitrogen and oxygen atoms in total. The molecule has 1 saturated heterocycles. The van der Waals surface area contributed by atoms with Crippen molar-refractivity contribution in [3.63, 3.8) is 0 Å². The molecule has 0 aliphatic carbocycles. The summed E-state index contributed by atoms with van der Waals surface area (Å²) in [4.78, 5) is 11.7. The van der Waals surface area contributed by atoms with Crippen LogP contribution in [0.2, 0.25) is 0 Å². The van der Waals surface area contributed by atoms with Gasteiger partial charge in [0.15, 0.2) is 9.84 Å². The first kappa shape index (κ1) is 16.5. The highest BCUT2D eigenvalue weighted by Crippen LogP contribution is 2.21. The van der Waals surface area contributed by atoms with Crippen LogP contribution in [0.5, 0.6) is 5.75 Å². The summed E-state index contributed by atoms with van der Waals surface area (Å²) in [7, 11) is -2.94. The zero-order valence-corrected chi connectivity index (χ0v) is 13.3. The molecular formula is C15H20N2O4S. The molecule has 0 saturated carbocycles. The molecule has 1 aliphatic heterocycles. The first-order valence-corrected chi connectivity index (χ1v) is 9.06. The maximum Gasteiger partial charge on any atom is 0.240 e. The van der Waals surface area contributed by atoms with E-state index in [2.05, 4.69) is 10.5 Å². The van der Waals surface area contributed by atoms with Crippen LogP contribution in [0.1, 0.15) is 25.3 Å². The van der Waals surface area contributed by atoms with Crippen LogP contribution in [0, 0.1) is 5.92 Å². The molecule has 1 heterocycles. The molecule has 7 heteroatoms. The van der Waals surface area contributed by atoms with Crippen molar-refractivity contribution in [3.05, 3.63) is 29.8 Å². The summed E-state index contributed by atoms with van der Waals surface area (Å²) < 4.78 is 28.0. The van der Waals surface area contributed by atoms with Gasteiger partial charge in [0.05, 0.1) is 24.3 Å². The highest BCUT2D eigenvalue weighted by Gasteiger charge is 2.29. The maximum absolute atomic E-state index is 11.7. The number of amides is 1. The molecule has 22 heavy (non-hydrogen) atoms. The van der Waals surface area contributed by atoms with Crippen molar-refractivity contribution in [3.8, 4) is 5.75 Å². The minimum Gasteiger partial charge on any atom is -0.494 e. The first-order valence-electron chi connectivity index (χ1n) is 7.23. The Hall–Kier alpha value is -1.89. The number of nitrogens with zero attached hydrogens (tertiary/aromatic N) is 1. The summed E-state index contributed by atoms with van der Waals surface area (Å²) in [6, 6.07) is 7.33. The quantitative estimate of drug-likeness (QED) is 0.632. The molecule has 0 spiro atoms. The van der Waals surface area contributed by atoms with Gasteiger partial charge in [0.1, 0.15) is 5.75 Å². The van der Waals surface area contributed by atoms with Gasteiger partial charge in [-0.15, -0.1) is 0 Å². The average Bonchev–Trinajstić information content (AvgIpc) is 2.80. The highest BCUT2D eigenvalue weighted by molar-refractivity contribution is 7.91. The zero-order chi connectivity index (χ0) is 16.0. The van der Waals surface area contributed by atoms with Crippen LogP contribution < -0.4 is 10.2 Å².